The molecule has 1 aliphatic rings. The molecule has 0 fully saturated rings. The van der Waals surface area contributed by atoms with Crippen LogP contribution in [-0.2, 0) is 0 Å². The lowest BCUT2D eigenvalue weighted by Crippen LogP contribution is -2.33. The maximum atomic E-state index is 10.4. The van der Waals surface area contributed by atoms with E-state index < -0.39 is 0 Å². The zero-order chi connectivity index (χ0) is 19.7. The number of methoxy groups -OCH3 is 1. The Kier molecular flexibility index (Phi) is 5.40. The molecule has 1 aliphatic heterocycles. The van der Waals surface area contributed by atoms with E-state index in [1.54, 1.807) is 30.6 Å². The third-order valence-corrected chi connectivity index (χ3v) is 6.29. The zero-order valence-electron chi connectivity index (χ0n) is 15.6. The van der Waals surface area contributed by atoms with E-state index in [1.165, 1.54) is 10.4 Å². The fourth-order valence-electron chi connectivity index (χ4n) is 3.47. The lowest BCUT2D eigenvalue weighted by atomic mass is 9.94. The van der Waals surface area contributed by atoms with Gasteiger partial charge in [-0.3, -0.25) is 10.3 Å². The van der Waals surface area contributed by atoms with Crippen LogP contribution in [0.2, 0.25) is 5.02 Å². The minimum Gasteiger partial charge on any atom is -0.508 e. The van der Waals surface area contributed by atoms with Crippen LogP contribution in [0.25, 0.3) is 0 Å². The predicted molar refractivity (Wildman–Crippen MR) is 115 cm³/mol. The molecule has 0 aliphatic carbocycles. The molecule has 2 heterocycles. The van der Waals surface area contributed by atoms with Crippen molar-refractivity contribution < 1.29 is 9.84 Å². The van der Waals surface area contributed by atoms with Crippen LogP contribution in [0.15, 0.2) is 58.9 Å². The van der Waals surface area contributed by atoms with Crippen molar-refractivity contribution in [1.82, 2.24) is 5.32 Å². The molecule has 0 unspecified atom stereocenters. The lowest BCUT2D eigenvalue weighted by Gasteiger charge is -2.30. The van der Waals surface area contributed by atoms with Crippen molar-refractivity contribution in [2.75, 3.05) is 7.11 Å². The number of nitrogens with zero attached hydrogens (tertiary/aromatic N) is 1. The van der Waals surface area contributed by atoms with Crippen LogP contribution in [0.4, 0.5) is 0 Å². The molecule has 4 nitrogen and oxygen atoms in total. The number of phenols is 1. The molecule has 0 saturated heterocycles. The number of thiophene rings is 1. The van der Waals surface area contributed by atoms with Crippen LogP contribution < -0.4 is 10.1 Å². The van der Waals surface area contributed by atoms with Crippen LogP contribution in [0.1, 0.15) is 40.2 Å². The number of ether oxygens (including phenoxy) is 1. The number of aliphatic imine (C=N–C) groups is 1. The van der Waals surface area contributed by atoms with Gasteiger partial charge in [-0.2, -0.15) is 0 Å². The first-order valence-electron chi connectivity index (χ1n) is 9.04. The number of nitrogens with one attached hydrogen (secondary N) is 1. The number of rotatable bonds is 4. The van der Waals surface area contributed by atoms with Crippen molar-refractivity contribution in [3.8, 4) is 11.5 Å². The average molecular weight is 413 g/mol. The Morgan fingerprint density at radius 2 is 1.96 bits per heavy atom. The first-order valence-corrected chi connectivity index (χ1v) is 10.3. The highest BCUT2D eigenvalue weighted by atomic mass is 35.5. The zero-order valence-corrected chi connectivity index (χ0v) is 17.2. The highest BCUT2D eigenvalue weighted by Crippen LogP contribution is 2.37. The maximum absolute atomic E-state index is 10.4. The number of phenolic OH excluding ortho intramolecular Hbond substituents is 1. The van der Waals surface area contributed by atoms with Gasteiger partial charge in [0.2, 0.25) is 0 Å². The Hall–Kier alpha value is -2.34. The summed E-state index contributed by atoms with van der Waals surface area (Å²) in [6, 6.07) is 15.1. The number of hydrogen-bond acceptors (Lipinski definition) is 5. The van der Waals surface area contributed by atoms with Crippen LogP contribution in [0, 0.1) is 6.92 Å². The van der Waals surface area contributed by atoms with Crippen molar-refractivity contribution >= 4 is 28.6 Å². The van der Waals surface area contributed by atoms with Crippen LogP contribution in [0.3, 0.4) is 0 Å². The first-order chi connectivity index (χ1) is 13.5. The first kappa shape index (κ1) is 19.0. The third kappa shape index (κ3) is 3.78. The van der Waals surface area contributed by atoms with Crippen LogP contribution in [0.5, 0.6) is 11.5 Å². The van der Waals surface area contributed by atoms with Crippen molar-refractivity contribution in [2.24, 2.45) is 4.99 Å². The molecule has 6 heteroatoms. The second kappa shape index (κ2) is 7.95. The summed E-state index contributed by atoms with van der Waals surface area (Å²) in [5.41, 5.74) is 4.03. The fraction of sp³-hybridized carbons (Fsp3) is 0.227. The van der Waals surface area contributed by atoms with Crippen molar-refractivity contribution in [3.63, 3.8) is 0 Å². The Balaban J connectivity index is 1.75. The smallest absolute Gasteiger partial charge is 0.135 e. The van der Waals surface area contributed by atoms with Crippen LogP contribution >= 0.6 is 22.9 Å². The minimum absolute atomic E-state index is 0.0974. The van der Waals surface area contributed by atoms with Gasteiger partial charge in [0.15, 0.2) is 0 Å². The highest BCUT2D eigenvalue weighted by molar-refractivity contribution is 7.10. The largest absolute Gasteiger partial charge is 0.508 e. The average Bonchev–Trinajstić information content (AvgIpc) is 3.15. The second-order valence-electron chi connectivity index (χ2n) is 6.80. The van der Waals surface area contributed by atoms with Gasteiger partial charge in [-0.25, -0.2) is 0 Å². The third-order valence-electron chi connectivity index (χ3n) is 4.98. The van der Waals surface area contributed by atoms with Crippen molar-refractivity contribution in [1.29, 1.82) is 0 Å². The van der Waals surface area contributed by atoms with Gasteiger partial charge >= 0.3 is 0 Å². The molecule has 3 aromatic rings. The van der Waals surface area contributed by atoms with Gasteiger partial charge in [0, 0.05) is 33.6 Å². The molecule has 144 valence electrons. The Labute approximate surface area is 173 Å². The topological polar surface area (TPSA) is 53.8 Å². The number of halogens is 1. The molecular weight excluding hydrogens is 392 g/mol. The molecule has 2 aromatic carbocycles. The van der Waals surface area contributed by atoms with E-state index >= 15 is 0 Å². The van der Waals surface area contributed by atoms with Gasteiger partial charge in [0.05, 0.1) is 7.11 Å². The maximum Gasteiger partial charge on any atom is 0.135 e. The molecule has 2 atom stereocenters. The monoisotopic (exact) mass is 412 g/mol. The van der Waals surface area contributed by atoms with E-state index in [4.69, 9.17) is 21.3 Å². The van der Waals surface area contributed by atoms with Gasteiger partial charge in [-0.1, -0.05) is 11.6 Å². The molecule has 0 saturated carbocycles. The van der Waals surface area contributed by atoms with Crippen molar-refractivity contribution in [2.45, 2.75) is 25.6 Å². The summed E-state index contributed by atoms with van der Waals surface area (Å²) in [6.45, 7) is 2.09. The molecule has 0 spiro atoms. The summed E-state index contributed by atoms with van der Waals surface area (Å²) in [6.07, 6.45) is 0.482. The van der Waals surface area contributed by atoms with Gasteiger partial charge in [-0.05, 0) is 72.0 Å². The number of aromatic hydroxyl groups is 1. The standard InChI is InChI=1S/C22H21ClN2O2S/c1-13-9-10-28-21(13)22-24-18(14-3-6-16(27-2)7-4-14)12-19(25-22)17-11-15(23)5-8-20(17)26/h3-11,19,22,25-26H,12H2,1-2H3/t19-,22+/m0/s1. The van der Waals surface area contributed by atoms with Crippen LogP contribution in [-0.4, -0.2) is 17.9 Å². The summed E-state index contributed by atoms with van der Waals surface area (Å²) in [5, 5.41) is 16.7. The SMILES string of the molecule is COc1ccc(C2=N[C@@H](c3sccc3C)N[C@H](c3cc(Cl)ccc3O)C2)cc1. The highest BCUT2D eigenvalue weighted by Gasteiger charge is 2.29. The molecular formula is C22H21ClN2O2S. The van der Waals surface area contributed by atoms with Gasteiger partial charge in [0.25, 0.3) is 0 Å². The van der Waals surface area contributed by atoms with E-state index in [1.807, 2.05) is 30.3 Å². The van der Waals surface area contributed by atoms with E-state index in [0.29, 0.717) is 11.4 Å². The Morgan fingerprint density at radius 3 is 2.64 bits per heavy atom. The molecule has 0 amide bonds. The minimum atomic E-state index is -0.172. The molecule has 4 rings (SSSR count). The predicted octanol–water partition coefficient (Wildman–Crippen LogP) is 5.65. The van der Waals surface area contributed by atoms with E-state index in [-0.39, 0.29) is 18.0 Å². The van der Waals surface area contributed by atoms with Gasteiger partial charge < -0.3 is 9.84 Å². The number of hydrogen-bond donors (Lipinski definition) is 2. The van der Waals surface area contributed by atoms with E-state index in [2.05, 4.69) is 23.7 Å². The van der Waals surface area contributed by atoms with E-state index in [9.17, 15) is 5.11 Å². The van der Waals surface area contributed by atoms with Crippen molar-refractivity contribution in [3.05, 3.63) is 80.5 Å². The molecule has 1 aromatic heterocycles. The van der Waals surface area contributed by atoms with Gasteiger partial charge in [-0.15, -0.1) is 11.3 Å². The molecule has 0 bridgehead atoms. The molecule has 0 radical (unpaired) electrons. The fourth-order valence-corrected chi connectivity index (χ4v) is 4.57. The van der Waals surface area contributed by atoms with E-state index in [0.717, 1.165) is 22.6 Å². The number of aryl methyl sites for hydroxylation is 1. The summed E-state index contributed by atoms with van der Waals surface area (Å²) in [5.74, 6) is 1.05. The quantitative estimate of drug-likeness (QED) is 0.582. The summed E-state index contributed by atoms with van der Waals surface area (Å²) >= 11 is 7.89. The lowest BCUT2D eigenvalue weighted by molar-refractivity contribution is 0.413. The molecule has 28 heavy (non-hydrogen) atoms. The normalized spacial score (nSPS) is 19.3. The summed E-state index contributed by atoms with van der Waals surface area (Å²) in [7, 11) is 1.66. The Morgan fingerprint density at radius 1 is 1.18 bits per heavy atom. The molecule has 2 N–H and O–H groups in total. The Bertz CT molecular complexity index is 1010. The van der Waals surface area contributed by atoms with Gasteiger partial charge in [0.1, 0.15) is 17.7 Å². The summed E-state index contributed by atoms with van der Waals surface area (Å²) < 4.78 is 5.27. The summed E-state index contributed by atoms with van der Waals surface area (Å²) in [4.78, 5) is 6.18. The second-order valence-corrected chi connectivity index (χ2v) is 8.19. The number of benzene rings is 2.